The molecule has 0 spiro atoms. The maximum absolute atomic E-state index is 12.8. The highest BCUT2D eigenvalue weighted by Crippen LogP contribution is 2.24. The van der Waals surface area contributed by atoms with E-state index in [1.165, 1.54) is 0 Å². The summed E-state index contributed by atoms with van der Waals surface area (Å²) in [6, 6.07) is 4.06. The van der Waals surface area contributed by atoms with Gasteiger partial charge in [0.05, 0.1) is 17.1 Å². The van der Waals surface area contributed by atoms with Gasteiger partial charge in [0.1, 0.15) is 18.0 Å². The molecular formula is C10H7FN4O4. The molecule has 0 aromatic heterocycles. The Morgan fingerprint density at radius 2 is 2.11 bits per heavy atom. The van der Waals surface area contributed by atoms with Crippen LogP contribution in [0.3, 0.4) is 0 Å². The second kappa shape index (κ2) is 6.06. The van der Waals surface area contributed by atoms with Crippen LogP contribution in [0.5, 0.6) is 0 Å². The number of carbonyl (C=O) groups is 2. The number of nitro groups is 1. The average Bonchev–Trinajstić information content (AvgIpc) is 2.37. The molecule has 0 bridgehead atoms. The molecule has 0 aliphatic carbocycles. The molecule has 1 rings (SSSR count). The zero-order chi connectivity index (χ0) is 14.4. The fourth-order valence-corrected chi connectivity index (χ4v) is 1.14. The monoisotopic (exact) mass is 266 g/mol. The molecule has 19 heavy (non-hydrogen) atoms. The molecule has 9 heteroatoms. The molecule has 0 heterocycles. The molecule has 98 valence electrons. The lowest BCUT2D eigenvalue weighted by Crippen LogP contribution is -2.35. The number of hydrogen-bond acceptors (Lipinski definition) is 5. The van der Waals surface area contributed by atoms with Gasteiger partial charge >= 0.3 is 11.8 Å². The van der Waals surface area contributed by atoms with Gasteiger partial charge in [-0.15, -0.1) is 0 Å². The van der Waals surface area contributed by atoms with Crippen LogP contribution in [-0.4, -0.2) is 23.3 Å². The van der Waals surface area contributed by atoms with Crippen molar-refractivity contribution in [3.8, 4) is 6.07 Å². The molecule has 0 aliphatic heterocycles. The Hall–Kier alpha value is -3.02. The highest BCUT2D eigenvalue weighted by atomic mass is 19.1. The summed E-state index contributed by atoms with van der Waals surface area (Å²) in [5.74, 6) is -3.16. The van der Waals surface area contributed by atoms with Crippen molar-refractivity contribution < 1.29 is 18.9 Å². The van der Waals surface area contributed by atoms with E-state index in [2.05, 4.69) is 0 Å². The summed E-state index contributed by atoms with van der Waals surface area (Å²) in [5.41, 5.74) is -0.995. The minimum Gasteiger partial charge on any atom is -0.335 e. The molecule has 0 saturated carbocycles. The largest absolute Gasteiger partial charge is 0.335 e. The molecule has 1 aromatic rings. The molecule has 0 fully saturated rings. The highest BCUT2D eigenvalue weighted by Gasteiger charge is 2.20. The van der Waals surface area contributed by atoms with E-state index >= 15 is 0 Å². The zero-order valence-corrected chi connectivity index (χ0v) is 9.34. The topological polar surface area (TPSA) is 125 Å². The number of hydrogen-bond donors (Lipinski definition) is 2. The number of amides is 2. The first-order chi connectivity index (χ1) is 8.95. The highest BCUT2D eigenvalue weighted by molar-refractivity contribution is 6.39. The molecule has 0 atom stereocenters. The van der Waals surface area contributed by atoms with Crippen molar-refractivity contribution in [2.45, 2.75) is 0 Å². The molecule has 0 aliphatic rings. The van der Waals surface area contributed by atoms with Crippen LogP contribution in [0.2, 0.25) is 0 Å². The third kappa shape index (κ3) is 3.74. The summed E-state index contributed by atoms with van der Waals surface area (Å²) in [6.45, 7) is -0.377. The molecule has 0 radical (unpaired) electrons. The second-order valence-corrected chi connectivity index (χ2v) is 3.21. The van der Waals surface area contributed by atoms with Crippen LogP contribution in [0.25, 0.3) is 0 Å². The first-order valence-electron chi connectivity index (χ1n) is 4.85. The van der Waals surface area contributed by atoms with Crippen molar-refractivity contribution in [2.75, 3.05) is 11.9 Å². The van der Waals surface area contributed by atoms with E-state index in [-0.39, 0.29) is 12.2 Å². The minimum absolute atomic E-state index is 0.316. The zero-order valence-electron chi connectivity index (χ0n) is 9.34. The number of anilines is 1. The molecule has 0 saturated heterocycles. The van der Waals surface area contributed by atoms with Gasteiger partial charge in [-0.1, -0.05) is 0 Å². The Morgan fingerprint density at radius 1 is 1.42 bits per heavy atom. The van der Waals surface area contributed by atoms with Crippen LogP contribution >= 0.6 is 0 Å². The smallest absolute Gasteiger partial charge is 0.313 e. The third-order valence-corrected chi connectivity index (χ3v) is 1.94. The van der Waals surface area contributed by atoms with Crippen molar-refractivity contribution in [3.05, 3.63) is 34.1 Å². The Bertz CT molecular complexity index is 581. The molecule has 2 amide bonds. The fourth-order valence-electron chi connectivity index (χ4n) is 1.14. The summed E-state index contributed by atoms with van der Waals surface area (Å²) in [6.07, 6.45) is 0. The lowest BCUT2D eigenvalue weighted by Gasteiger charge is -2.05. The summed E-state index contributed by atoms with van der Waals surface area (Å²) < 4.78 is 12.8. The Kier molecular flexibility index (Phi) is 4.48. The van der Waals surface area contributed by atoms with E-state index < -0.39 is 28.2 Å². The number of nitriles is 1. The van der Waals surface area contributed by atoms with Gasteiger partial charge in [-0.05, 0) is 12.1 Å². The van der Waals surface area contributed by atoms with E-state index in [0.717, 1.165) is 12.1 Å². The molecule has 2 N–H and O–H groups in total. The van der Waals surface area contributed by atoms with Gasteiger partial charge in [-0.3, -0.25) is 19.7 Å². The quantitative estimate of drug-likeness (QED) is 0.352. The number of carbonyl (C=O) groups excluding carboxylic acids is 2. The Morgan fingerprint density at radius 3 is 2.68 bits per heavy atom. The summed E-state index contributed by atoms with van der Waals surface area (Å²) in [5, 5.41) is 22.8. The van der Waals surface area contributed by atoms with Crippen LogP contribution in [-0.2, 0) is 9.59 Å². The van der Waals surface area contributed by atoms with Crippen LogP contribution in [0.15, 0.2) is 18.2 Å². The normalized spacial score (nSPS) is 9.26. The van der Waals surface area contributed by atoms with Gasteiger partial charge in [-0.25, -0.2) is 4.39 Å². The van der Waals surface area contributed by atoms with Crippen LogP contribution in [0, 0.1) is 27.3 Å². The first kappa shape index (κ1) is 14.0. The first-order valence-corrected chi connectivity index (χ1v) is 4.85. The van der Waals surface area contributed by atoms with Crippen molar-refractivity contribution in [2.24, 2.45) is 0 Å². The van der Waals surface area contributed by atoms with E-state index in [1.54, 1.807) is 6.07 Å². The van der Waals surface area contributed by atoms with E-state index in [1.807, 2.05) is 10.6 Å². The minimum atomic E-state index is -1.19. The number of rotatable bonds is 3. The fraction of sp³-hybridized carbons (Fsp3) is 0.100. The van der Waals surface area contributed by atoms with Gasteiger partial charge in [0.2, 0.25) is 0 Å². The number of nitro benzene ring substituents is 1. The van der Waals surface area contributed by atoms with Gasteiger partial charge in [0, 0.05) is 0 Å². The van der Waals surface area contributed by atoms with E-state index in [4.69, 9.17) is 5.26 Å². The molecular weight excluding hydrogens is 259 g/mol. The van der Waals surface area contributed by atoms with Crippen LogP contribution in [0.1, 0.15) is 0 Å². The third-order valence-electron chi connectivity index (χ3n) is 1.94. The van der Waals surface area contributed by atoms with Crippen molar-refractivity contribution in [1.82, 2.24) is 5.32 Å². The Balaban J connectivity index is 2.88. The lowest BCUT2D eigenvalue weighted by atomic mass is 10.2. The standard InChI is InChI=1S/C10H7FN4O4/c11-6-1-2-7(8(5-6)15(18)19)14-10(17)9(16)13-4-3-12/h1-2,5H,4H2,(H,13,16)(H,14,17). The predicted molar refractivity (Wildman–Crippen MR) is 60.3 cm³/mol. The number of nitrogens with one attached hydrogen (secondary N) is 2. The number of benzene rings is 1. The van der Waals surface area contributed by atoms with Crippen molar-refractivity contribution in [3.63, 3.8) is 0 Å². The van der Waals surface area contributed by atoms with Gasteiger partial charge < -0.3 is 10.6 Å². The summed E-state index contributed by atoms with van der Waals surface area (Å²) in [4.78, 5) is 32.2. The summed E-state index contributed by atoms with van der Waals surface area (Å²) in [7, 11) is 0. The molecule has 0 unspecified atom stereocenters. The predicted octanol–water partition coefficient (Wildman–Crippen LogP) is 0.312. The lowest BCUT2D eigenvalue weighted by molar-refractivity contribution is -0.384. The summed E-state index contributed by atoms with van der Waals surface area (Å²) >= 11 is 0. The van der Waals surface area contributed by atoms with E-state index in [0.29, 0.717) is 6.07 Å². The maximum atomic E-state index is 12.8. The van der Waals surface area contributed by atoms with Crippen molar-refractivity contribution >= 4 is 23.2 Å². The number of halogens is 1. The van der Waals surface area contributed by atoms with Crippen LogP contribution in [0.4, 0.5) is 15.8 Å². The number of nitrogens with zero attached hydrogens (tertiary/aromatic N) is 2. The second-order valence-electron chi connectivity index (χ2n) is 3.21. The van der Waals surface area contributed by atoms with E-state index in [9.17, 15) is 24.1 Å². The SMILES string of the molecule is N#CCNC(=O)C(=O)Nc1ccc(F)cc1[N+](=O)[O-]. The van der Waals surface area contributed by atoms with Crippen molar-refractivity contribution in [1.29, 1.82) is 5.26 Å². The van der Waals surface area contributed by atoms with Gasteiger partial charge in [0.25, 0.3) is 5.69 Å². The maximum Gasteiger partial charge on any atom is 0.313 e. The molecule has 8 nitrogen and oxygen atoms in total. The average molecular weight is 266 g/mol. The van der Waals surface area contributed by atoms with Crippen LogP contribution < -0.4 is 10.6 Å². The molecule has 1 aromatic carbocycles. The van der Waals surface area contributed by atoms with Gasteiger partial charge in [-0.2, -0.15) is 5.26 Å². The Labute approximate surface area is 106 Å². The van der Waals surface area contributed by atoms with Gasteiger partial charge in [0.15, 0.2) is 0 Å².